The predicted octanol–water partition coefficient (Wildman–Crippen LogP) is 5.26. The highest BCUT2D eigenvalue weighted by atomic mass is 32.1. The second-order valence-corrected chi connectivity index (χ2v) is 10.5. The van der Waals surface area contributed by atoms with Gasteiger partial charge in [0.05, 0.1) is 17.8 Å². The molecule has 5 rings (SSSR count). The highest BCUT2D eigenvalue weighted by Crippen LogP contribution is 2.33. The fraction of sp³-hybridized carbons (Fsp3) is 0.480. The maximum absolute atomic E-state index is 12.8. The van der Waals surface area contributed by atoms with Gasteiger partial charge in [-0.15, -0.1) is 11.3 Å². The first-order valence-electron chi connectivity index (χ1n) is 12.0. The molecule has 2 fully saturated rings. The first-order chi connectivity index (χ1) is 16.8. The number of hydrogen-bond acceptors (Lipinski definition) is 6. The van der Waals surface area contributed by atoms with Crippen molar-refractivity contribution in [1.82, 2.24) is 20.6 Å². The largest absolute Gasteiger partial charge is 0.393 e. The lowest BCUT2D eigenvalue weighted by Gasteiger charge is -2.31. The van der Waals surface area contributed by atoms with Crippen LogP contribution in [0.3, 0.4) is 0 Å². The summed E-state index contributed by atoms with van der Waals surface area (Å²) in [5.74, 6) is 0.726. The number of benzene rings is 1. The van der Waals surface area contributed by atoms with Crippen molar-refractivity contribution < 1.29 is 18.0 Å². The molecule has 0 radical (unpaired) electrons. The Kier molecular flexibility index (Phi) is 6.93. The van der Waals surface area contributed by atoms with Gasteiger partial charge in [0.2, 0.25) is 5.91 Å². The summed E-state index contributed by atoms with van der Waals surface area (Å²) >= 11 is 1.07. The molecule has 6 nitrogen and oxygen atoms in total. The number of nitrogens with zero attached hydrogens (tertiary/aromatic N) is 2. The summed E-state index contributed by atoms with van der Waals surface area (Å²) in [5.41, 5.74) is 2.34. The van der Waals surface area contributed by atoms with Gasteiger partial charge in [0.15, 0.2) is 0 Å². The average Bonchev–Trinajstić information content (AvgIpc) is 3.43. The SMILES string of the molecule is O=C1CCC(c2ccc(CNC3CCCC(Nc4ncnc5sc(CC(F)(F)F)cc45)C3)cc2)N1. The standard InChI is InChI=1S/C25H28F3N5OS/c26-25(27,28)12-19-11-20-23(30-14-31-24(20)35-19)32-18-3-1-2-17(10-18)29-13-15-4-6-16(7-5-15)21-8-9-22(34)33-21/h4-7,11,14,17-18,21,29H,1-3,8-10,12-13H2,(H,33,34)(H,30,31,32). The zero-order valence-electron chi connectivity index (χ0n) is 19.2. The number of carbonyl (C=O) groups is 1. The molecule has 1 amide bonds. The van der Waals surface area contributed by atoms with Crippen LogP contribution in [0, 0.1) is 0 Å². The molecule has 3 atom stereocenters. The summed E-state index contributed by atoms with van der Waals surface area (Å²) in [6, 6.07) is 10.6. The maximum Gasteiger partial charge on any atom is 0.393 e. The van der Waals surface area contributed by atoms with Gasteiger partial charge < -0.3 is 16.0 Å². The summed E-state index contributed by atoms with van der Waals surface area (Å²) in [4.78, 5) is 20.8. The molecule has 0 spiro atoms. The van der Waals surface area contributed by atoms with Gasteiger partial charge in [0.1, 0.15) is 17.0 Å². The first-order valence-corrected chi connectivity index (χ1v) is 12.8. The van der Waals surface area contributed by atoms with Crippen LogP contribution in [0.5, 0.6) is 0 Å². The van der Waals surface area contributed by atoms with Crippen molar-refractivity contribution in [2.24, 2.45) is 0 Å². The highest BCUT2D eigenvalue weighted by molar-refractivity contribution is 7.18. The molecule has 3 aromatic rings. The summed E-state index contributed by atoms with van der Waals surface area (Å²) < 4.78 is 38.5. The molecule has 1 saturated heterocycles. The fourth-order valence-corrected chi connectivity index (χ4v) is 6.03. The number of hydrogen-bond donors (Lipinski definition) is 3. The number of rotatable bonds is 7. The Labute approximate surface area is 205 Å². The minimum atomic E-state index is -4.24. The highest BCUT2D eigenvalue weighted by Gasteiger charge is 2.29. The van der Waals surface area contributed by atoms with Gasteiger partial charge in [0.25, 0.3) is 0 Å². The van der Waals surface area contributed by atoms with Crippen LogP contribution in [0.2, 0.25) is 0 Å². The lowest BCUT2D eigenvalue weighted by molar-refractivity contribution is -0.126. The number of aromatic nitrogens is 2. The average molecular weight is 504 g/mol. The minimum absolute atomic E-state index is 0.115. The van der Waals surface area contributed by atoms with Crippen LogP contribution in [-0.4, -0.2) is 34.1 Å². The zero-order chi connectivity index (χ0) is 24.4. The van der Waals surface area contributed by atoms with E-state index in [2.05, 4.69) is 50.2 Å². The topological polar surface area (TPSA) is 78.9 Å². The molecule has 2 aliphatic rings. The van der Waals surface area contributed by atoms with Gasteiger partial charge in [-0.3, -0.25) is 4.79 Å². The van der Waals surface area contributed by atoms with Crippen molar-refractivity contribution in [1.29, 1.82) is 0 Å². The third-order valence-corrected chi connectivity index (χ3v) is 7.79. The van der Waals surface area contributed by atoms with Gasteiger partial charge >= 0.3 is 6.18 Å². The Morgan fingerprint density at radius 3 is 2.63 bits per heavy atom. The van der Waals surface area contributed by atoms with E-state index in [4.69, 9.17) is 0 Å². The Morgan fingerprint density at radius 2 is 1.89 bits per heavy atom. The molecule has 1 aliphatic heterocycles. The van der Waals surface area contributed by atoms with E-state index >= 15 is 0 Å². The Balaban J connectivity index is 1.17. The van der Waals surface area contributed by atoms with Crippen molar-refractivity contribution in [3.05, 3.63) is 52.7 Å². The molecule has 186 valence electrons. The fourth-order valence-electron chi connectivity index (χ4n) is 5.00. The van der Waals surface area contributed by atoms with Crippen LogP contribution in [0.25, 0.3) is 10.2 Å². The van der Waals surface area contributed by atoms with Crippen molar-refractivity contribution in [3.63, 3.8) is 0 Å². The molecule has 3 heterocycles. The Bertz CT molecular complexity index is 1180. The van der Waals surface area contributed by atoms with E-state index in [0.717, 1.165) is 55.5 Å². The van der Waals surface area contributed by atoms with Crippen LogP contribution in [-0.2, 0) is 17.8 Å². The normalized spacial score (nSPS) is 22.9. The molecule has 35 heavy (non-hydrogen) atoms. The van der Waals surface area contributed by atoms with Crippen LogP contribution < -0.4 is 16.0 Å². The molecule has 1 saturated carbocycles. The van der Waals surface area contributed by atoms with Crippen LogP contribution in [0.1, 0.15) is 60.6 Å². The van der Waals surface area contributed by atoms with Crippen LogP contribution in [0.4, 0.5) is 19.0 Å². The molecular formula is C25H28F3N5OS. The third kappa shape index (κ3) is 6.10. The molecule has 3 N–H and O–H groups in total. The van der Waals surface area contributed by atoms with Crippen molar-refractivity contribution in [2.75, 3.05) is 5.32 Å². The Morgan fingerprint density at radius 1 is 1.09 bits per heavy atom. The van der Waals surface area contributed by atoms with E-state index < -0.39 is 12.6 Å². The molecule has 1 aliphatic carbocycles. The van der Waals surface area contributed by atoms with Gasteiger partial charge in [-0.1, -0.05) is 24.3 Å². The van der Waals surface area contributed by atoms with Gasteiger partial charge in [0, 0.05) is 29.9 Å². The Hall–Kier alpha value is -2.72. The summed E-state index contributed by atoms with van der Waals surface area (Å²) in [6.07, 6.45) is 1.72. The first kappa shape index (κ1) is 24.0. The number of thiophene rings is 1. The van der Waals surface area contributed by atoms with E-state index in [1.54, 1.807) is 6.07 Å². The number of carbonyl (C=O) groups excluding carboxylic acids is 1. The van der Waals surface area contributed by atoms with Gasteiger partial charge in [-0.25, -0.2) is 9.97 Å². The third-order valence-electron chi connectivity index (χ3n) is 6.74. The second kappa shape index (κ2) is 10.1. The molecule has 10 heteroatoms. The van der Waals surface area contributed by atoms with Crippen molar-refractivity contribution in [3.8, 4) is 0 Å². The minimum Gasteiger partial charge on any atom is -0.367 e. The maximum atomic E-state index is 12.8. The smallest absolute Gasteiger partial charge is 0.367 e. The summed E-state index contributed by atoms with van der Waals surface area (Å²) in [6.45, 7) is 0.762. The van der Waals surface area contributed by atoms with E-state index in [-0.39, 0.29) is 22.9 Å². The van der Waals surface area contributed by atoms with Gasteiger partial charge in [-0.05, 0) is 49.3 Å². The molecule has 0 bridgehead atoms. The lowest BCUT2D eigenvalue weighted by Crippen LogP contribution is -2.38. The number of fused-ring (bicyclic) bond motifs is 1. The van der Waals surface area contributed by atoms with E-state index in [1.807, 2.05) is 0 Å². The van der Waals surface area contributed by atoms with Crippen LogP contribution in [0.15, 0.2) is 36.7 Å². The number of alkyl halides is 3. The number of halogens is 3. The molecule has 1 aromatic carbocycles. The number of anilines is 1. The lowest BCUT2D eigenvalue weighted by atomic mass is 9.90. The van der Waals surface area contributed by atoms with E-state index in [1.165, 1.54) is 11.9 Å². The molecule has 2 aromatic heterocycles. The predicted molar refractivity (Wildman–Crippen MR) is 130 cm³/mol. The van der Waals surface area contributed by atoms with Gasteiger partial charge in [-0.2, -0.15) is 13.2 Å². The quantitative estimate of drug-likeness (QED) is 0.410. The van der Waals surface area contributed by atoms with E-state index in [0.29, 0.717) is 28.5 Å². The molecule has 3 unspecified atom stereocenters. The second-order valence-electron chi connectivity index (χ2n) is 9.43. The number of nitrogens with one attached hydrogen (secondary N) is 3. The zero-order valence-corrected chi connectivity index (χ0v) is 20.0. The van der Waals surface area contributed by atoms with E-state index in [9.17, 15) is 18.0 Å². The summed E-state index contributed by atoms with van der Waals surface area (Å²) in [7, 11) is 0. The van der Waals surface area contributed by atoms with Crippen molar-refractivity contribution in [2.45, 2.75) is 75.8 Å². The molecular weight excluding hydrogens is 475 g/mol. The van der Waals surface area contributed by atoms with Crippen LogP contribution >= 0.6 is 11.3 Å². The monoisotopic (exact) mass is 503 g/mol. The number of amides is 1. The summed E-state index contributed by atoms with van der Waals surface area (Å²) in [5, 5.41) is 10.8. The van der Waals surface area contributed by atoms with Crippen molar-refractivity contribution >= 4 is 33.3 Å².